The van der Waals surface area contributed by atoms with Crippen molar-refractivity contribution in [2.24, 2.45) is 0 Å². The molecule has 0 saturated carbocycles. The maximum absolute atomic E-state index is 11.2. The van der Waals surface area contributed by atoms with E-state index in [1.165, 1.54) is 0 Å². The van der Waals surface area contributed by atoms with Gasteiger partial charge >= 0.3 is 0 Å². The number of hydrogen-bond acceptors (Lipinski definition) is 4. The van der Waals surface area contributed by atoms with Gasteiger partial charge in [-0.15, -0.1) is 0 Å². The van der Waals surface area contributed by atoms with Crippen LogP contribution in [0.1, 0.15) is 34.1 Å². The quantitative estimate of drug-likeness (QED) is 0.426. The molecular formula is C20H21BrN4O2. The third-order valence-corrected chi connectivity index (χ3v) is 4.97. The lowest BCUT2D eigenvalue weighted by molar-refractivity contribution is -0.483. The normalized spacial score (nSPS) is 12.1. The van der Waals surface area contributed by atoms with Crippen LogP contribution in [0.15, 0.2) is 47.2 Å². The smallest absolute Gasteiger partial charge is 0.211 e. The Morgan fingerprint density at radius 3 is 2.48 bits per heavy atom. The molecule has 0 aliphatic carbocycles. The van der Waals surface area contributed by atoms with Crippen molar-refractivity contribution in [3.8, 4) is 5.82 Å². The summed E-state index contributed by atoms with van der Waals surface area (Å²) in [5.74, 6) is 0.552. The van der Waals surface area contributed by atoms with Crippen LogP contribution in [0.4, 0.5) is 0 Å². The molecule has 27 heavy (non-hydrogen) atoms. The number of aryl methyl sites for hydroxylation is 3. The largest absolute Gasteiger partial charge is 0.303 e. The average Bonchev–Trinajstić information content (AvgIpc) is 2.92. The van der Waals surface area contributed by atoms with Gasteiger partial charge in [-0.2, -0.15) is 0 Å². The van der Waals surface area contributed by atoms with Gasteiger partial charge in [0.1, 0.15) is 5.82 Å². The Labute approximate surface area is 166 Å². The molecule has 0 aromatic carbocycles. The first-order valence-electron chi connectivity index (χ1n) is 8.68. The molecule has 0 saturated heterocycles. The molecule has 6 nitrogen and oxygen atoms in total. The van der Waals surface area contributed by atoms with Crippen molar-refractivity contribution in [2.45, 2.75) is 33.1 Å². The zero-order valence-electron chi connectivity index (χ0n) is 15.5. The first-order chi connectivity index (χ1) is 12.8. The van der Waals surface area contributed by atoms with Crippen LogP contribution in [-0.4, -0.2) is 26.0 Å². The molecule has 1 unspecified atom stereocenters. The predicted octanol–water partition coefficient (Wildman–Crippen LogP) is 4.56. The van der Waals surface area contributed by atoms with Crippen LogP contribution in [0.2, 0.25) is 0 Å². The molecule has 0 spiro atoms. The Morgan fingerprint density at radius 1 is 1.15 bits per heavy atom. The number of rotatable bonds is 6. The van der Waals surface area contributed by atoms with Crippen molar-refractivity contribution in [3.63, 3.8) is 0 Å². The van der Waals surface area contributed by atoms with E-state index in [0.29, 0.717) is 6.42 Å². The maximum atomic E-state index is 11.2. The van der Waals surface area contributed by atoms with E-state index >= 15 is 0 Å². The number of halogens is 1. The van der Waals surface area contributed by atoms with Crippen molar-refractivity contribution in [1.82, 2.24) is 14.5 Å². The molecule has 1 atom stereocenters. The highest BCUT2D eigenvalue weighted by Gasteiger charge is 2.21. The number of pyridine rings is 2. The van der Waals surface area contributed by atoms with Crippen molar-refractivity contribution in [1.29, 1.82) is 0 Å². The van der Waals surface area contributed by atoms with Crippen LogP contribution < -0.4 is 0 Å². The van der Waals surface area contributed by atoms with Gasteiger partial charge < -0.3 is 4.57 Å². The van der Waals surface area contributed by atoms with Gasteiger partial charge in [-0.25, -0.2) is 4.98 Å². The zero-order valence-corrected chi connectivity index (χ0v) is 17.1. The summed E-state index contributed by atoms with van der Waals surface area (Å²) < 4.78 is 2.91. The van der Waals surface area contributed by atoms with Gasteiger partial charge in [0.15, 0.2) is 0 Å². The molecule has 0 radical (unpaired) electrons. The Bertz CT molecular complexity index is 964. The summed E-state index contributed by atoms with van der Waals surface area (Å²) in [6.45, 7) is 5.94. The van der Waals surface area contributed by atoms with Crippen LogP contribution in [0.5, 0.6) is 0 Å². The molecule has 0 N–H and O–H groups in total. The van der Waals surface area contributed by atoms with Crippen LogP contribution in [0.25, 0.3) is 5.82 Å². The molecule has 3 aromatic heterocycles. The molecule has 0 bridgehead atoms. The van der Waals surface area contributed by atoms with Gasteiger partial charge in [0.2, 0.25) is 6.54 Å². The summed E-state index contributed by atoms with van der Waals surface area (Å²) in [7, 11) is 0. The average molecular weight is 429 g/mol. The van der Waals surface area contributed by atoms with Gasteiger partial charge in [-0.05, 0) is 78.2 Å². The van der Waals surface area contributed by atoms with E-state index in [1.807, 2.05) is 39.0 Å². The van der Waals surface area contributed by atoms with Gasteiger partial charge in [0.05, 0.1) is 5.92 Å². The van der Waals surface area contributed by atoms with E-state index in [2.05, 4.69) is 37.6 Å². The Balaban J connectivity index is 1.98. The highest BCUT2D eigenvalue weighted by Crippen LogP contribution is 2.24. The number of nitrogens with zero attached hydrogens (tertiary/aromatic N) is 4. The first-order valence-corrected chi connectivity index (χ1v) is 9.48. The molecule has 0 aliphatic rings. The van der Waals surface area contributed by atoms with E-state index in [1.54, 1.807) is 12.4 Å². The third-order valence-electron chi connectivity index (χ3n) is 4.53. The van der Waals surface area contributed by atoms with Crippen LogP contribution in [0.3, 0.4) is 0 Å². The summed E-state index contributed by atoms with van der Waals surface area (Å²) in [6.07, 6.45) is 3.84. The monoisotopic (exact) mass is 428 g/mol. The van der Waals surface area contributed by atoms with Crippen molar-refractivity contribution >= 4 is 15.9 Å². The summed E-state index contributed by atoms with van der Waals surface area (Å²) in [6, 6.07) is 10.0. The molecular weight excluding hydrogens is 408 g/mol. The van der Waals surface area contributed by atoms with E-state index in [9.17, 15) is 10.1 Å². The number of hydrogen-bond donors (Lipinski definition) is 0. The molecule has 140 valence electrons. The molecule has 0 fully saturated rings. The second-order valence-corrected chi connectivity index (χ2v) is 7.71. The fourth-order valence-electron chi connectivity index (χ4n) is 3.34. The van der Waals surface area contributed by atoms with Gasteiger partial charge in [0.25, 0.3) is 0 Å². The maximum Gasteiger partial charge on any atom is 0.211 e. The fourth-order valence-corrected chi connectivity index (χ4v) is 3.72. The minimum absolute atomic E-state index is 0.162. The topological polar surface area (TPSA) is 73.8 Å². The van der Waals surface area contributed by atoms with Crippen LogP contribution >= 0.6 is 15.9 Å². The summed E-state index contributed by atoms with van der Waals surface area (Å²) >= 11 is 3.40. The first kappa shape index (κ1) is 19.2. The van der Waals surface area contributed by atoms with Crippen molar-refractivity contribution in [2.75, 3.05) is 6.54 Å². The molecule has 0 aliphatic heterocycles. The lowest BCUT2D eigenvalue weighted by atomic mass is 9.95. The minimum Gasteiger partial charge on any atom is -0.303 e. The van der Waals surface area contributed by atoms with Crippen LogP contribution in [0, 0.1) is 30.9 Å². The Hall–Kier alpha value is -2.54. The zero-order chi connectivity index (χ0) is 19.6. The molecule has 3 aromatic rings. The number of aromatic nitrogens is 3. The second kappa shape index (κ2) is 8.00. The Kier molecular flexibility index (Phi) is 5.70. The van der Waals surface area contributed by atoms with Gasteiger partial charge in [-0.3, -0.25) is 15.1 Å². The second-order valence-electron chi connectivity index (χ2n) is 6.80. The van der Waals surface area contributed by atoms with E-state index in [4.69, 9.17) is 4.98 Å². The molecule has 0 amide bonds. The SMILES string of the molecule is Cc1cc(CC(C[N+](=O)[O-])c2cncc(Br)c2)nc(-n2c(C)ccc2C)c1. The summed E-state index contributed by atoms with van der Waals surface area (Å²) in [5, 5.41) is 11.2. The molecule has 3 heterocycles. The predicted molar refractivity (Wildman–Crippen MR) is 108 cm³/mol. The molecule has 7 heteroatoms. The van der Waals surface area contributed by atoms with Gasteiger partial charge in [-0.1, -0.05) is 0 Å². The standard InChI is InChI=1S/C20H21BrN4O2/c1-13-6-19(23-20(7-13)25-14(2)4-5-15(25)3)9-17(12-24(26)27)16-8-18(21)11-22-10-16/h4-8,10-11,17H,9,12H2,1-3H3. The summed E-state index contributed by atoms with van der Waals surface area (Å²) in [5.41, 5.74) is 4.96. The fraction of sp³-hybridized carbons (Fsp3) is 0.300. The van der Waals surface area contributed by atoms with E-state index in [-0.39, 0.29) is 17.4 Å². The van der Waals surface area contributed by atoms with E-state index in [0.717, 1.165) is 38.5 Å². The van der Waals surface area contributed by atoms with Crippen molar-refractivity contribution < 1.29 is 4.92 Å². The van der Waals surface area contributed by atoms with Crippen molar-refractivity contribution in [3.05, 3.63) is 85.5 Å². The van der Waals surface area contributed by atoms with Crippen LogP contribution in [-0.2, 0) is 6.42 Å². The third kappa shape index (κ3) is 4.60. The molecule has 3 rings (SSSR count). The number of nitro groups is 1. The van der Waals surface area contributed by atoms with Gasteiger partial charge in [0, 0.05) is 45.3 Å². The van der Waals surface area contributed by atoms with E-state index < -0.39 is 0 Å². The highest BCUT2D eigenvalue weighted by molar-refractivity contribution is 9.10. The Morgan fingerprint density at radius 2 is 1.85 bits per heavy atom. The lowest BCUT2D eigenvalue weighted by Crippen LogP contribution is -2.16. The highest BCUT2D eigenvalue weighted by atomic mass is 79.9. The minimum atomic E-state index is -0.293. The lowest BCUT2D eigenvalue weighted by Gasteiger charge is -2.16. The summed E-state index contributed by atoms with van der Waals surface area (Å²) in [4.78, 5) is 19.9.